The molecule has 0 aliphatic heterocycles. The van der Waals surface area contributed by atoms with Crippen molar-refractivity contribution in [1.29, 1.82) is 0 Å². The number of halogens is 3. The van der Waals surface area contributed by atoms with Gasteiger partial charge in [-0.1, -0.05) is 55.4 Å². The van der Waals surface area contributed by atoms with E-state index in [0.29, 0.717) is 9.93 Å². The highest BCUT2D eigenvalue weighted by Crippen LogP contribution is 2.20. The number of alkyl halides is 1. The summed E-state index contributed by atoms with van der Waals surface area (Å²) in [6.07, 6.45) is 14.8. The van der Waals surface area contributed by atoms with Crippen LogP contribution in [0.4, 0.5) is 0 Å². The summed E-state index contributed by atoms with van der Waals surface area (Å²) in [6.45, 7) is 28.2. The van der Waals surface area contributed by atoms with Gasteiger partial charge < -0.3 is 15.1 Å². The Kier molecular flexibility index (Phi) is 38.7. The number of nitrogens with one attached hydrogen (secondary N) is 3. The van der Waals surface area contributed by atoms with E-state index in [-0.39, 0.29) is 42.4 Å². The number of hydrogen-bond donors (Lipinski definition) is 4. The van der Waals surface area contributed by atoms with Crippen LogP contribution in [0.25, 0.3) is 0 Å². The lowest BCUT2D eigenvalue weighted by Crippen LogP contribution is -2.08. The van der Waals surface area contributed by atoms with Gasteiger partial charge in [-0.05, 0) is 131 Å². The Morgan fingerprint density at radius 2 is 1.05 bits per heavy atom. The molecule has 7 heterocycles. The second kappa shape index (κ2) is 40.6. The number of hydrogen-bond acceptors (Lipinski definition) is 15. The second-order valence-corrected chi connectivity index (χ2v) is 18.1. The smallest absolute Gasteiger partial charge is 0.373 e. The van der Waals surface area contributed by atoms with Gasteiger partial charge in [-0.25, -0.2) is 4.98 Å². The van der Waals surface area contributed by atoms with Crippen molar-refractivity contribution in [3.8, 4) is 0 Å². The Bertz CT molecular complexity index is 2790. The summed E-state index contributed by atoms with van der Waals surface area (Å²) in [5.41, 5.74) is 11.6. The van der Waals surface area contributed by atoms with Crippen LogP contribution >= 0.6 is 68.2 Å². The molecular weight excluding hydrogens is 1160 g/mol. The number of aromatic amines is 3. The molecule has 0 fully saturated rings. The lowest BCUT2D eigenvalue weighted by molar-refractivity contribution is -0.193. The maximum atomic E-state index is 11.3. The molecule has 0 atom stereocenters. The number of aliphatic hydroxyl groups is 1. The van der Waals surface area contributed by atoms with E-state index < -0.39 is 0 Å². The van der Waals surface area contributed by atoms with Crippen LogP contribution in [-0.4, -0.2) is 86.2 Å². The molecule has 75 heavy (non-hydrogen) atoms. The Morgan fingerprint density at radius 3 is 1.41 bits per heavy atom. The van der Waals surface area contributed by atoms with E-state index >= 15 is 0 Å². The van der Waals surface area contributed by atoms with Crippen molar-refractivity contribution in [2.24, 2.45) is 7.05 Å². The van der Waals surface area contributed by atoms with Gasteiger partial charge in [-0.15, -0.1) is 12.4 Å². The molecule has 0 bridgehead atoms. The van der Waals surface area contributed by atoms with Gasteiger partial charge in [0.05, 0.1) is 39.5 Å². The zero-order valence-corrected chi connectivity index (χ0v) is 50.7. The van der Waals surface area contributed by atoms with Crippen LogP contribution in [0.15, 0.2) is 62.3 Å². The van der Waals surface area contributed by atoms with E-state index in [1.54, 1.807) is 6.92 Å². The van der Waals surface area contributed by atoms with E-state index in [2.05, 4.69) is 157 Å². The first-order valence-electron chi connectivity index (χ1n) is 23.7. The molecule has 414 valence electrons. The van der Waals surface area contributed by atoms with Gasteiger partial charge in [0.2, 0.25) is 0 Å². The SMILES string of the molecule is CCc1cn(C)nc1CSc1nc(C)cc(=O)[nH]1.CCc1cn(CC)nc1C.CCc1cn(CC)nc1CBr.CCc1cn(CC)nc1CO.CCn1cc(Br)c(C)n1.Cc1cc(=O)[nH]c(=S)[nH]1.Cl.O=C=O.O=C=O. The molecule has 26 heteroatoms. The van der Waals surface area contributed by atoms with E-state index in [1.165, 1.54) is 52.0 Å². The number of aliphatic hydroxyl groups excluding tert-OH is 1. The van der Waals surface area contributed by atoms with Crippen molar-refractivity contribution in [2.45, 2.75) is 158 Å². The molecule has 0 radical (unpaired) electrons. The molecule has 0 saturated carbocycles. The zero-order chi connectivity index (χ0) is 56.3. The van der Waals surface area contributed by atoms with E-state index in [0.717, 1.165) is 101 Å². The van der Waals surface area contributed by atoms with Crippen LogP contribution in [0, 0.1) is 32.5 Å². The predicted molar refractivity (Wildman–Crippen MR) is 301 cm³/mol. The Hall–Kier alpha value is -5.65. The fourth-order valence-corrected chi connectivity index (χ4v) is 8.18. The fourth-order valence-electron chi connectivity index (χ4n) is 6.24. The van der Waals surface area contributed by atoms with Gasteiger partial charge in [0.1, 0.15) is 0 Å². The molecule has 0 unspecified atom stereocenters. The maximum absolute atomic E-state index is 11.3. The Labute approximate surface area is 470 Å². The third kappa shape index (κ3) is 28.2. The minimum atomic E-state index is -0.156. The number of carbonyl (C=O) groups excluding carboxylic acids is 4. The van der Waals surface area contributed by atoms with Gasteiger partial charge in [-0.2, -0.15) is 44.7 Å². The lowest BCUT2D eigenvalue weighted by atomic mass is 10.2. The summed E-state index contributed by atoms with van der Waals surface area (Å²) in [6, 6.07) is 2.94. The lowest BCUT2D eigenvalue weighted by Gasteiger charge is -2.01. The van der Waals surface area contributed by atoms with Crippen molar-refractivity contribution < 1.29 is 24.3 Å². The van der Waals surface area contributed by atoms with Gasteiger partial charge in [0, 0.05) is 98.8 Å². The Morgan fingerprint density at radius 1 is 0.613 bits per heavy atom. The molecule has 21 nitrogen and oxygen atoms in total. The number of H-pyrrole nitrogens is 3. The van der Waals surface area contributed by atoms with Gasteiger partial charge in [0.25, 0.3) is 11.1 Å². The van der Waals surface area contributed by atoms with Crippen LogP contribution < -0.4 is 11.1 Å². The van der Waals surface area contributed by atoms with Crippen LogP contribution in [0.3, 0.4) is 0 Å². The largest absolute Gasteiger partial charge is 0.390 e. The van der Waals surface area contributed by atoms with E-state index in [9.17, 15) is 9.59 Å². The third-order valence-electron chi connectivity index (χ3n) is 9.96. The fraction of sp³-hybridized carbons (Fsp3) is 0.490. The summed E-state index contributed by atoms with van der Waals surface area (Å²) in [5.74, 6) is 0.719. The minimum absolute atomic E-state index is 0. The highest BCUT2D eigenvalue weighted by atomic mass is 79.9. The zero-order valence-electron chi connectivity index (χ0n) is 45.1. The average Bonchev–Trinajstić information content (AvgIpc) is 4.21. The molecule has 7 aromatic rings. The van der Waals surface area contributed by atoms with Crippen LogP contribution in [0.1, 0.15) is 118 Å². The van der Waals surface area contributed by atoms with E-state index in [1.807, 2.05) is 69.8 Å². The first kappa shape index (κ1) is 71.4. The summed E-state index contributed by atoms with van der Waals surface area (Å²) in [5, 5.41) is 31.9. The maximum Gasteiger partial charge on any atom is 0.373 e. The first-order chi connectivity index (χ1) is 35.2. The summed E-state index contributed by atoms with van der Waals surface area (Å²) >= 11 is 13.0. The molecule has 0 amide bonds. The van der Waals surface area contributed by atoms with Crippen molar-refractivity contribution in [3.05, 3.63) is 135 Å². The number of nitrogens with zero attached hydrogens (tertiary/aromatic N) is 11. The van der Waals surface area contributed by atoms with Gasteiger partial charge >= 0.3 is 12.3 Å². The predicted octanol–water partition coefficient (Wildman–Crippen LogP) is 8.73. The standard InChI is InChI=1S/C12H16N4OS.C8H13BrN2.C8H14N2O.C8H14N2.C6H9BrN2.C5H6N2OS.2CO2.ClH/c1-4-9-6-16(3)15-10(9)7-18-12-13-8(2)5-11(17)14-12;1-3-7-6-11(4-2)10-8(7)5-9;1-3-7-5-10(4-2)9-8(7)6-11;1-4-8-6-10(5-2)9-7(8)3;1-3-9-4-6(7)5(2)8-9;1-3-2-4(8)7-5(9)6-3;2*2-1-3;/h5-6H,4,7H2,1-3H3,(H,13,14,17);6H,3-5H2,1-2H3;5,11H,3-4,6H2,1-2H3;6H,4-5H2,1-3H3;4H,3H2,1-2H3;2H,1H3,(H2,6,7,8,9);;;1H. The second-order valence-electron chi connectivity index (χ2n) is 15.3. The summed E-state index contributed by atoms with van der Waals surface area (Å²) in [4.78, 5) is 66.6. The Balaban J connectivity index is 0. The van der Waals surface area contributed by atoms with Crippen molar-refractivity contribution >= 4 is 80.5 Å². The molecule has 0 saturated heterocycles. The third-order valence-corrected chi connectivity index (χ3v) is 12.4. The molecular formula is C49H73Br2ClN14O7S2. The minimum Gasteiger partial charge on any atom is -0.390 e. The molecule has 4 N–H and O–H groups in total. The number of rotatable bonds is 13. The average molecular weight is 1230 g/mol. The van der Waals surface area contributed by atoms with Crippen molar-refractivity contribution in [1.82, 2.24) is 68.8 Å². The molecule has 0 aliphatic rings. The topological polar surface area (TPSA) is 272 Å². The normalized spacial score (nSPS) is 9.60. The number of aryl methyl sites for hydroxylation is 13. The molecule has 0 aromatic carbocycles. The summed E-state index contributed by atoms with van der Waals surface area (Å²) in [7, 11) is 1.92. The van der Waals surface area contributed by atoms with Crippen LogP contribution in [0.2, 0.25) is 0 Å². The summed E-state index contributed by atoms with van der Waals surface area (Å²) < 4.78 is 11.0. The quantitative estimate of drug-likeness (QED) is 0.0364. The highest BCUT2D eigenvalue weighted by Gasteiger charge is 2.09. The monoisotopic (exact) mass is 1230 g/mol. The number of aromatic nitrogens is 14. The van der Waals surface area contributed by atoms with Gasteiger partial charge in [-0.3, -0.25) is 38.0 Å². The van der Waals surface area contributed by atoms with Crippen LogP contribution in [0.5, 0.6) is 0 Å². The molecule has 7 rings (SSSR count). The highest BCUT2D eigenvalue weighted by molar-refractivity contribution is 9.10. The first-order valence-corrected chi connectivity index (χ1v) is 27.1. The van der Waals surface area contributed by atoms with Crippen LogP contribution in [-0.2, 0) is 95.8 Å². The number of thioether (sulfide) groups is 1. The van der Waals surface area contributed by atoms with Gasteiger partial charge in [0.15, 0.2) is 9.93 Å². The van der Waals surface area contributed by atoms with Crippen molar-refractivity contribution in [3.63, 3.8) is 0 Å². The molecule has 0 aliphatic carbocycles. The molecule has 0 spiro atoms. The molecule has 7 aromatic heterocycles. The van der Waals surface area contributed by atoms with Crippen molar-refractivity contribution in [2.75, 3.05) is 0 Å². The van der Waals surface area contributed by atoms with E-state index in [4.69, 9.17) is 24.3 Å².